The van der Waals surface area contributed by atoms with E-state index in [0.29, 0.717) is 38.2 Å². The molecule has 2 saturated heterocycles. The Labute approximate surface area is 266 Å². The van der Waals surface area contributed by atoms with E-state index in [4.69, 9.17) is 14.5 Å². The first kappa shape index (κ1) is 32.7. The fourth-order valence-corrected chi connectivity index (χ4v) is 6.01. The summed E-state index contributed by atoms with van der Waals surface area (Å²) >= 11 is 0. The maximum atomic E-state index is 12.3. The molecule has 3 aromatic heterocycles. The SMILES string of the molecule is CCc1cnn2c(NCc3ccc(OCCCN4CCN(C(=O)OC(C)(C)C)CC4)nc3)cc(N3CCCC[C@@H]3CCO)nc12. The lowest BCUT2D eigenvalue weighted by molar-refractivity contribution is 0.0142. The third-order valence-electron chi connectivity index (χ3n) is 8.46. The minimum absolute atomic E-state index is 0.183. The number of fused-ring (bicyclic) bond motifs is 1. The standard InChI is InChI=1S/C33H50N8O4/c1-5-26-24-36-41-28(21-29(37-31(26)41)40-14-7-6-9-27(40)12-19-42)34-22-25-10-11-30(35-23-25)44-20-8-13-38-15-17-39(18-16-38)32(43)45-33(2,3)4/h10-11,21,23-24,27,34,42H,5-9,12-20,22H2,1-4H3/t27-/m1/s1. The number of piperidine rings is 1. The van der Waals surface area contributed by atoms with Gasteiger partial charge in [-0.3, -0.25) is 4.90 Å². The zero-order valence-electron chi connectivity index (χ0n) is 27.4. The van der Waals surface area contributed by atoms with E-state index in [-0.39, 0.29) is 12.7 Å². The molecule has 246 valence electrons. The molecule has 1 amide bonds. The lowest BCUT2D eigenvalue weighted by Crippen LogP contribution is -2.50. The third-order valence-corrected chi connectivity index (χ3v) is 8.46. The summed E-state index contributed by atoms with van der Waals surface area (Å²) in [5.41, 5.74) is 2.55. The van der Waals surface area contributed by atoms with Gasteiger partial charge >= 0.3 is 6.09 Å². The van der Waals surface area contributed by atoms with Crippen molar-refractivity contribution in [2.45, 2.75) is 84.4 Å². The van der Waals surface area contributed by atoms with Gasteiger partial charge in [0.1, 0.15) is 17.2 Å². The number of hydrogen-bond donors (Lipinski definition) is 2. The van der Waals surface area contributed by atoms with Gasteiger partial charge in [0.2, 0.25) is 5.88 Å². The summed E-state index contributed by atoms with van der Waals surface area (Å²) in [6.45, 7) is 14.1. The number of carbonyl (C=O) groups excluding carboxylic acids is 1. The molecule has 0 radical (unpaired) electrons. The number of nitrogens with one attached hydrogen (secondary N) is 1. The fourth-order valence-electron chi connectivity index (χ4n) is 6.01. The van der Waals surface area contributed by atoms with Gasteiger partial charge in [-0.1, -0.05) is 13.0 Å². The van der Waals surface area contributed by atoms with Crippen molar-refractivity contribution in [2.24, 2.45) is 0 Å². The van der Waals surface area contributed by atoms with E-state index in [9.17, 15) is 9.90 Å². The molecule has 2 fully saturated rings. The molecule has 5 heterocycles. The number of pyridine rings is 1. The van der Waals surface area contributed by atoms with E-state index in [1.54, 1.807) is 4.90 Å². The van der Waals surface area contributed by atoms with Crippen LogP contribution < -0.4 is 15.0 Å². The number of aliphatic hydroxyl groups excluding tert-OH is 1. The van der Waals surface area contributed by atoms with Crippen molar-refractivity contribution in [3.05, 3.63) is 41.7 Å². The highest BCUT2D eigenvalue weighted by atomic mass is 16.6. The minimum atomic E-state index is -0.470. The zero-order chi connectivity index (χ0) is 31.8. The average molecular weight is 623 g/mol. The Morgan fingerprint density at radius 3 is 2.64 bits per heavy atom. The first-order valence-electron chi connectivity index (χ1n) is 16.5. The van der Waals surface area contributed by atoms with Crippen LogP contribution in [0.5, 0.6) is 5.88 Å². The number of hydrogen-bond acceptors (Lipinski definition) is 10. The normalized spacial score (nSPS) is 17.9. The monoisotopic (exact) mass is 622 g/mol. The van der Waals surface area contributed by atoms with Crippen molar-refractivity contribution >= 4 is 23.4 Å². The molecule has 0 saturated carbocycles. The second-order valence-electron chi connectivity index (χ2n) is 13.0. The van der Waals surface area contributed by atoms with Gasteiger partial charge in [0, 0.05) is 82.4 Å². The van der Waals surface area contributed by atoms with E-state index in [2.05, 4.69) is 38.2 Å². The minimum Gasteiger partial charge on any atom is -0.478 e. The highest BCUT2D eigenvalue weighted by Crippen LogP contribution is 2.29. The number of piperazine rings is 1. The number of aromatic nitrogens is 4. The molecule has 2 aliphatic heterocycles. The lowest BCUT2D eigenvalue weighted by atomic mass is 9.99. The molecule has 0 spiro atoms. The molecule has 0 unspecified atom stereocenters. The van der Waals surface area contributed by atoms with Gasteiger partial charge in [0.25, 0.3) is 0 Å². The molecule has 0 aliphatic carbocycles. The van der Waals surface area contributed by atoms with Crippen LogP contribution in [-0.4, -0.2) is 105 Å². The first-order valence-corrected chi connectivity index (χ1v) is 16.5. The number of aryl methyl sites for hydroxylation is 1. The van der Waals surface area contributed by atoms with Crippen LogP contribution >= 0.6 is 0 Å². The predicted molar refractivity (Wildman–Crippen MR) is 175 cm³/mol. The van der Waals surface area contributed by atoms with E-state index < -0.39 is 5.60 Å². The molecule has 1 atom stereocenters. The number of ether oxygens (including phenoxy) is 2. The highest BCUT2D eigenvalue weighted by Gasteiger charge is 2.26. The number of amides is 1. The smallest absolute Gasteiger partial charge is 0.410 e. The van der Waals surface area contributed by atoms with E-state index in [1.807, 2.05) is 49.8 Å². The first-order chi connectivity index (χ1) is 21.7. The van der Waals surface area contributed by atoms with Gasteiger partial charge < -0.3 is 29.7 Å². The summed E-state index contributed by atoms with van der Waals surface area (Å²) in [4.78, 5) is 28.3. The van der Waals surface area contributed by atoms with Gasteiger partial charge in [-0.25, -0.2) is 14.8 Å². The number of anilines is 2. The third kappa shape index (κ3) is 8.76. The Hall–Kier alpha value is -3.64. The van der Waals surface area contributed by atoms with Crippen molar-refractivity contribution in [2.75, 3.05) is 62.7 Å². The summed E-state index contributed by atoms with van der Waals surface area (Å²) in [6.07, 6.45) is 9.40. The molecule has 2 N–H and O–H groups in total. The molecule has 0 aromatic carbocycles. The molecule has 12 nitrogen and oxygen atoms in total. The molecule has 2 aliphatic rings. The lowest BCUT2D eigenvalue weighted by Gasteiger charge is -2.36. The van der Waals surface area contributed by atoms with Gasteiger partial charge in [0.05, 0.1) is 12.8 Å². The van der Waals surface area contributed by atoms with Gasteiger partial charge in [0.15, 0.2) is 5.65 Å². The Balaban J connectivity index is 1.11. The van der Waals surface area contributed by atoms with Crippen LogP contribution in [0, 0.1) is 0 Å². The number of carbonyl (C=O) groups is 1. The van der Waals surface area contributed by atoms with Gasteiger partial charge in [-0.2, -0.15) is 9.61 Å². The largest absolute Gasteiger partial charge is 0.478 e. The number of aliphatic hydroxyl groups is 1. The second kappa shape index (κ2) is 15.1. The van der Waals surface area contributed by atoms with Crippen molar-refractivity contribution in [1.29, 1.82) is 0 Å². The summed E-state index contributed by atoms with van der Waals surface area (Å²) in [5, 5.41) is 17.8. The average Bonchev–Trinajstić information content (AvgIpc) is 3.46. The van der Waals surface area contributed by atoms with E-state index in [0.717, 1.165) is 86.7 Å². The predicted octanol–water partition coefficient (Wildman–Crippen LogP) is 4.36. The van der Waals surface area contributed by atoms with Crippen LogP contribution in [0.15, 0.2) is 30.6 Å². The van der Waals surface area contributed by atoms with Crippen LogP contribution in [0.25, 0.3) is 5.65 Å². The summed E-state index contributed by atoms with van der Waals surface area (Å²) in [7, 11) is 0. The maximum absolute atomic E-state index is 12.3. The molecule has 0 bridgehead atoms. The number of rotatable bonds is 12. The molecule has 12 heteroatoms. The van der Waals surface area contributed by atoms with Gasteiger partial charge in [-0.15, -0.1) is 0 Å². The van der Waals surface area contributed by atoms with E-state index >= 15 is 0 Å². The Morgan fingerprint density at radius 1 is 1.11 bits per heavy atom. The van der Waals surface area contributed by atoms with Crippen LogP contribution in [-0.2, 0) is 17.7 Å². The Bertz CT molecular complexity index is 1380. The van der Waals surface area contributed by atoms with Crippen LogP contribution in [0.1, 0.15) is 70.9 Å². The molecule has 3 aromatic rings. The van der Waals surface area contributed by atoms with Crippen molar-refractivity contribution < 1.29 is 19.4 Å². The Kier molecular flexibility index (Phi) is 11.0. The highest BCUT2D eigenvalue weighted by molar-refractivity contribution is 5.68. The maximum Gasteiger partial charge on any atom is 0.410 e. The van der Waals surface area contributed by atoms with Crippen LogP contribution in [0.3, 0.4) is 0 Å². The fraction of sp³-hybridized carbons (Fsp3) is 0.636. The summed E-state index contributed by atoms with van der Waals surface area (Å²) < 4.78 is 13.3. The number of nitrogens with zero attached hydrogens (tertiary/aromatic N) is 7. The molecule has 45 heavy (non-hydrogen) atoms. The van der Waals surface area contributed by atoms with E-state index in [1.165, 1.54) is 6.42 Å². The molecule has 5 rings (SSSR count). The topological polar surface area (TPSA) is 121 Å². The van der Waals surface area contributed by atoms with Crippen LogP contribution in [0.4, 0.5) is 16.4 Å². The quantitative estimate of drug-likeness (QED) is 0.282. The molecular formula is C33H50N8O4. The molecular weight excluding hydrogens is 572 g/mol. The summed E-state index contributed by atoms with van der Waals surface area (Å²) in [5.74, 6) is 2.43. The van der Waals surface area contributed by atoms with Gasteiger partial charge in [-0.05, 0) is 64.9 Å². The van der Waals surface area contributed by atoms with Crippen molar-refractivity contribution in [3.63, 3.8) is 0 Å². The summed E-state index contributed by atoms with van der Waals surface area (Å²) in [6, 6.07) is 6.33. The van der Waals surface area contributed by atoms with Crippen LogP contribution in [0.2, 0.25) is 0 Å². The Morgan fingerprint density at radius 2 is 1.93 bits per heavy atom. The van der Waals surface area contributed by atoms with Crippen molar-refractivity contribution in [3.8, 4) is 5.88 Å². The second-order valence-corrected chi connectivity index (χ2v) is 13.0. The zero-order valence-corrected chi connectivity index (χ0v) is 27.4. The van der Waals surface area contributed by atoms with Crippen molar-refractivity contribution in [1.82, 2.24) is 29.4 Å².